The molecule has 0 spiro atoms. The number of nitrogens with one attached hydrogen (secondary N) is 1. The lowest BCUT2D eigenvalue weighted by atomic mass is 9.76. The number of carboxylic acids is 1. The van der Waals surface area contributed by atoms with Gasteiger partial charge in [-0.25, -0.2) is 13.2 Å². The van der Waals surface area contributed by atoms with Gasteiger partial charge in [-0.2, -0.15) is 4.31 Å². The standard InChI is InChI=1S/C14H20N2O4S/c17-14(18)13-7-12(8-15-13)21(19,20)16-6-5-10-3-1-2-4-11(10)9-16/h7-8,10-11,15H,1-6,9H2,(H,17,18). The van der Waals surface area contributed by atoms with Gasteiger partial charge in [0.05, 0.1) is 0 Å². The molecule has 116 valence electrons. The van der Waals surface area contributed by atoms with Gasteiger partial charge in [-0.05, 0) is 30.7 Å². The SMILES string of the molecule is O=C(O)c1cc(S(=O)(=O)N2CCC3CCCCC3C2)c[nH]1. The van der Waals surface area contributed by atoms with E-state index in [1.54, 1.807) is 0 Å². The smallest absolute Gasteiger partial charge is 0.352 e. The maximum absolute atomic E-state index is 12.6. The van der Waals surface area contributed by atoms with Gasteiger partial charge in [-0.15, -0.1) is 0 Å². The average Bonchev–Trinajstić information content (AvgIpc) is 2.97. The molecule has 1 saturated carbocycles. The zero-order valence-corrected chi connectivity index (χ0v) is 12.6. The molecule has 2 N–H and O–H groups in total. The topological polar surface area (TPSA) is 90.5 Å². The van der Waals surface area contributed by atoms with Crippen LogP contribution < -0.4 is 0 Å². The van der Waals surface area contributed by atoms with Crippen molar-refractivity contribution in [3.05, 3.63) is 18.0 Å². The predicted octanol–water partition coefficient (Wildman–Crippen LogP) is 1.91. The number of sulfonamides is 1. The minimum Gasteiger partial charge on any atom is -0.477 e. The van der Waals surface area contributed by atoms with E-state index in [-0.39, 0.29) is 10.6 Å². The summed E-state index contributed by atoms with van der Waals surface area (Å²) >= 11 is 0. The van der Waals surface area contributed by atoms with Crippen molar-refractivity contribution in [1.29, 1.82) is 0 Å². The summed E-state index contributed by atoms with van der Waals surface area (Å²) in [6.45, 7) is 1.11. The summed E-state index contributed by atoms with van der Waals surface area (Å²) in [6, 6.07) is 1.20. The van der Waals surface area contributed by atoms with E-state index in [9.17, 15) is 13.2 Å². The van der Waals surface area contributed by atoms with Crippen LogP contribution in [0.25, 0.3) is 0 Å². The molecule has 2 aliphatic rings. The van der Waals surface area contributed by atoms with Crippen LogP contribution in [0.3, 0.4) is 0 Å². The number of aromatic carboxylic acids is 1. The van der Waals surface area contributed by atoms with Crippen LogP contribution >= 0.6 is 0 Å². The lowest BCUT2D eigenvalue weighted by Crippen LogP contribution is -2.44. The molecule has 7 heteroatoms. The third-order valence-corrected chi connectivity index (χ3v) is 6.62. The summed E-state index contributed by atoms with van der Waals surface area (Å²) in [4.78, 5) is 13.4. The summed E-state index contributed by atoms with van der Waals surface area (Å²) in [5.41, 5.74) is -0.0962. The number of piperidine rings is 1. The molecule has 0 aromatic carbocycles. The van der Waals surface area contributed by atoms with E-state index >= 15 is 0 Å². The van der Waals surface area contributed by atoms with Gasteiger partial charge < -0.3 is 10.1 Å². The van der Waals surface area contributed by atoms with E-state index in [4.69, 9.17) is 5.11 Å². The molecule has 2 fully saturated rings. The molecular weight excluding hydrogens is 292 g/mol. The zero-order valence-electron chi connectivity index (χ0n) is 11.8. The van der Waals surface area contributed by atoms with Crippen molar-refractivity contribution in [2.24, 2.45) is 11.8 Å². The molecule has 1 saturated heterocycles. The van der Waals surface area contributed by atoms with Gasteiger partial charge in [0.2, 0.25) is 10.0 Å². The van der Waals surface area contributed by atoms with Crippen molar-refractivity contribution in [3.8, 4) is 0 Å². The third kappa shape index (κ3) is 2.72. The van der Waals surface area contributed by atoms with Crippen LogP contribution in [-0.2, 0) is 10.0 Å². The van der Waals surface area contributed by atoms with Crippen LogP contribution in [0.5, 0.6) is 0 Å². The van der Waals surface area contributed by atoms with Gasteiger partial charge in [0.15, 0.2) is 0 Å². The number of hydrogen-bond acceptors (Lipinski definition) is 3. The molecule has 2 unspecified atom stereocenters. The molecular formula is C14H20N2O4S. The Labute approximate surface area is 124 Å². The van der Waals surface area contributed by atoms with Gasteiger partial charge in [-0.1, -0.05) is 19.3 Å². The fourth-order valence-electron chi connectivity index (χ4n) is 3.58. The van der Waals surface area contributed by atoms with E-state index in [0.717, 1.165) is 12.8 Å². The van der Waals surface area contributed by atoms with Gasteiger partial charge in [0.25, 0.3) is 0 Å². The Kier molecular flexibility index (Phi) is 3.79. The largest absolute Gasteiger partial charge is 0.477 e. The highest BCUT2D eigenvalue weighted by atomic mass is 32.2. The highest BCUT2D eigenvalue weighted by Crippen LogP contribution is 2.37. The number of nitrogens with zero attached hydrogens (tertiary/aromatic N) is 1. The lowest BCUT2D eigenvalue weighted by molar-refractivity contribution is 0.0691. The average molecular weight is 312 g/mol. The summed E-state index contributed by atoms with van der Waals surface area (Å²) in [7, 11) is -3.59. The first-order valence-electron chi connectivity index (χ1n) is 7.40. The van der Waals surface area contributed by atoms with Crippen LogP contribution in [-0.4, -0.2) is 41.9 Å². The Hall–Kier alpha value is -1.34. The maximum atomic E-state index is 12.6. The lowest BCUT2D eigenvalue weighted by Gasteiger charge is -2.40. The van der Waals surface area contributed by atoms with Crippen LogP contribution in [0, 0.1) is 11.8 Å². The van der Waals surface area contributed by atoms with Gasteiger partial charge >= 0.3 is 5.97 Å². The second kappa shape index (κ2) is 5.46. The minimum atomic E-state index is -3.59. The molecule has 21 heavy (non-hydrogen) atoms. The molecule has 2 heterocycles. The fraction of sp³-hybridized carbons (Fsp3) is 0.643. The summed E-state index contributed by atoms with van der Waals surface area (Å²) in [5.74, 6) is -0.0337. The van der Waals surface area contributed by atoms with Gasteiger partial charge in [-0.3, -0.25) is 0 Å². The Morgan fingerprint density at radius 1 is 1.24 bits per heavy atom. The molecule has 1 aliphatic heterocycles. The first-order chi connectivity index (χ1) is 9.98. The molecule has 0 bridgehead atoms. The van der Waals surface area contributed by atoms with Gasteiger partial charge in [0, 0.05) is 19.3 Å². The summed E-state index contributed by atoms with van der Waals surface area (Å²) < 4.78 is 26.7. The van der Waals surface area contributed by atoms with Crippen LogP contribution in [0.4, 0.5) is 0 Å². The number of aromatic amines is 1. The normalized spacial score (nSPS) is 27.2. The molecule has 1 aliphatic carbocycles. The number of hydrogen-bond donors (Lipinski definition) is 2. The summed E-state index contributed by atoms with van der Waals surface area (Å²) in [6.07, 6.45) is 6.94. The van der Waals surface area contributed by atoms with Crippen molar-refractivity contribution in [2.75, 3.05) is 13.1 Å². The van der Waals surface area contributed by atoms with E-state index in [0.29, 0.717) is 24.9 Å². The monoisotopic (exact) mass is 312 g/mol. The number of fused-ring (bicyclic) bond motifs is 1. The molecule has 1 aromatic heterocycles. The number of aromatic nitrogens is 1. The van der Waals surface area contributed by atoms with Gasteiger partial charge in [0.1, 0.15) is 10.6 Å². The Bertz CT molecular complexity index is 637. The Morgan fingerprint density at radius 2 is 1.95 bits per heavy atom. The molecule has 6 nitrogen and oxygen atoms in total. The van der Waals surface area contributed by atoms with E-state index in [2.05, 4.69) is 4.98 Å². The van der Waals surface area contributed by atoms with E-state index in [1.165, 1.54) is 35.8 Å². The number of H-pyrrole nitrogens is 1. The van der Waals surface area contributed by atoms with Crippen molar-refractivity contribution in [2.45, 2.75) is 37.0 Å². The van der Waals surface area contributed by atoms with Crippen molar-refractivity contribution in [3.63, 3.8) is 0 Å². The second-order valence-electron chi connectivity index (χ2n) is 6.01. The molecule has 0 radical (unpaired) electrons. The highest BCUT2D eigenvalue weighted by Gasteiger charge is 2.36. The van der Waals surface area contributed by atoms with Crippen molar-refractivity contribution in [1.82, 2.24) is 9.29 Å². The molecule has 0 amide bonds. The number of rotatable bonds is 3. The first kappa shape index (κ1) is 14.6. The first-order valence-corrected chi connectivity index (χ1v) is 8.84. The zero-order chi connectivity index (χ0) is 15.0. The molecule has 3 rings (SSSR count). The fourth-order valence-corrected chi connectivity index (χ4v) is 5.09. The highest BCUT2D eigenvalue weighted by molar-refractivity contribution is 7.89. The van der Waals surface area contributed by atoms with Crippen molar-refractivity contribution < 1.29 is 18.3 Å². The molecule has 1 aromatic rings. The second-order valence-corrected chi connectivity index (χ2v) is 7.95. The Balaban J connectivity index is 1.79. The quantitative estimate of drug-likeness (QED) is 0.892. The van der Waals surface area contributed by atoms with Crippen LogP contribution in [0.1, 0.15) is 42.6 Å². The van der Waals surface area contributed by atoms with E-state index in [1.807, 2.05) is 0 Å². The van der Waals surface area contributed by atoms with E-state index < -0.39 is 16.0 Å². The van der Waals surface area contributed by atoms with Crippen LogP contribution in [0.2, 0.25) is 0 Å². The number of carboxylic acid groups (broad SMARTS) is 1. The third-order valence-electron chi connectivity index (χ3n) is 4.78. The minimum absolute atomic E-state index is 0.0501. The van der Waals surface area contributed by atoms with Crippen molar-refractivity contribution >= 4 is 16.0 Å². The summed E-state index contributed by atoms with van der Waals surface area (Å²) in [5, 5.41) is 8.89. The maximum Gasteiger partial charge on any atom is 0.352 e. The van der Waals surface area contributed by atoms with Crippen LogP contribution in [0.15, 0.2) is 17.2 Å². The predicted molar refractivity (Wildman–Crippen MR) is 76.6 cm³/mol. The molecule has 2 atom stereocenters. The number of carbonyl (C=O) groups is 1. The Morgan fingerprint density at radius 3 is 2.62 bits per heavy atom.